The van der Waals surface area contributed by atoms with Crippen LogP contribution in [-0.2, 0) is 22.6 Å². The van der Waals surface area contributed by atoms with E-state index in [1.54, 1.807) is 22.3 Å². The third-order valence-electron chi connectivity index (χ3n) is 5.84. The van der Waals surface area contributed by atoms with E-state index < -0.39 is 0 Å². The van der Waals surface area contributed by atoms with Crippen LogP contribution in [-0.4, -0.2) is 67.5 Å². The number of aryl methyl sites for hydroxylation is 1. The van der Waals surface area contributed by atoms with E-state index in [-0.39, 0.29) is 17.9 Å². The number of piperidine rings is 2. The molecule has 150 valence electrons. The quantitative estimate of drug-likeness (QED) is 0.702. The highest BCUT2D eigenvalue weighted by Crippen LogP contribution is 2.32. The number of thiophene rings is 1. The van der Waals surface area contributed by atoms with E-state index in [1.165, 1.54) is 4.88 Å². The predicted octanol–water partition coefficient (Wildman–Crippen LogP) is 1.60. The number of fused-ring (bicyclic) bond motifs is 1. The Morgan fingerprint density at radius 2 is 2.21 bits per heavy atom. The van der Waals surface area contributed by atoms with Crippen molar-refractivity contribution in [1.29, 1.82) is 0 Å². The third-order valence-corrected chi connectivity index (χ3v) is 6.78. The molecule has 4 rings (SSSR count). The number of hydrogen-bond donors (Lipinski definition) is 0. The fourth-order valence-corrected chi connectivity index (χ4v) is 5.09. The van der Waals surface area contributed by atoms with Crippen LogP contribution in [0.2, 0.25) is 0 Å². The molecule has 2 aromatic heterocycles. The van der Waals surface area contributed by atoms with Gasteiger partial charge in [-0.1, -0.05) is 6.07 Å². The highest BCUT2D eigenvalue weighted by molar-refractivity contribution is 7.09. The lowest BCUT2D eigenvalue weighted by Gasteiger charge is -2.47. The highest BCUT2D eigenvalue weighted by atomic mass is 32.1. The zero-order valence-electron chi connectivity index (χ0n) is 15.9. The third kappa shape index (κ3) is 4.40. The molecule has 2 aliphatic heterocycles. The summed E-state index contributed by atoms with van der Waals surface area (Å²) in [6, 6.07) is 4.48. The molecular formula is C19H26N6O2S. The lowest BCUT2D eigenvalue weighted by atomic mass is 9.83. The Kier molecular flexibility index (Phi) is 5.99. The molecule has 9 heteroatoms. The zero-order valence-corrected chi connectivity index (χ0v) is 16.8. The molecule has 2 aliphatic rings. The molecule has 0 saturated carbocycles. The van der Waals surface area contributed by atoms with Gasteiger partial charge in [-0.2, -0.15) is 0 Å². The molecule has 2 saturated heterocycles. The van der Waals surface area contributed by atoms with Crippen molar-refractivity contribution in [2.24, 2.45) is 5.92 Å². The van der Waals surface area contributed by atoms with Crippen LogP contribution >= 0.6 is 11.3 Å². The molecule has 0 spiro atoms. The fourth-order valence-electron chi connectivity index (χ4n) is 4.39. The van der Waals surface area contributed by atoms with Crippen molar-refractivity contribution in [3.05, 3.63) is 28.7 Å². The SMILES string of the molecule is O=C(CCCn1cnnn1)N1CC[C@H]2[C@H](CCC(=O)N2CCc2cccs2)C1. The minimum atomic E-state index is 0.202. The Hall–Kier alpha value is -2.29. The van der Waals surface area contributed by atoms with Gasteiger partial charge in [-0.15, -0.1) is 16.4 Å². The Bertz CT molecular complexity index is 778. The van der Waals surface area contributed by atoms with Crippen LogP contribution in [0.4, 0.5) is 0 Å². The molecule has 2 fully saturated rings. The summed E-state index contributed by atoms with van der Waals surface area (Å²) in [5.74, 6) is 0.880. The van der Waals surface area contributed by atoms with E-state index in [0.29, 0.717) is 25.3 Å². The summed E-state index contributed by atoms with van der Waals surface area (Å²) >= 11 is 1.75. The molecule has 2 atom stereocenters. The monoisotopic (exact) mass is 402 g/mol. The van der Waals surface area contributed by atoms with E-state index in [2.05, 4.69) is 37.9 Å². The minimum absolute atomic E-state index is 0.202. The normalized spacial score (nSPS) is 22.4. The minimum Gasteiger partial charge on any atom is -0.342 e. The van der Waals surface area contributed by atoms with Crippen LogP contribution in [0.1, 0.15) is 37.0 Å². The molecule has 2 amide bonds. The second kappa shape index (κ2) is 8.81. The van der Waals surface area contributed by atoms with Gasteiger partial charge in [0.2, 0.25) is 11.8 Å². The summed E-state index contributed by atoms with van der Waals surface area (Å²) in [6.07, 6.45) is 6.13. The maximum Gasteiger partial charge on any atom is 0.222 e. The van der Waals surface area contributed by atoms with Gasteiger partial charge in [0.1, 0.15) is 6.33 Å². The molecule has 8 nitrogen and oxygen atoms in total. The smallest absolute Gasteiger partial charge is 0.222 e. The van der Waals surface area contributed by atoms with Crippen molar-refractivity contribution in [3.8, 4) is 0 Å². The van der Waals surface area contributed by atoms with Gasteiger partial charge in [0.25, 0.3) is 0 Å². The Balaban J connectivity index is 1.28. The van der Waals surface area contributed by atoms with Gasteiger partial charge in [0, 0.05) is 49.9 Å². The molecule has 0 radical (unpaired) electrons. The number of rotatable bonds is 7. The van der Waals surface area contributed by atoms with Gasteiger partial charge in [-0.3, -0.25) is 9.59 Å². The standard InChI is InChI=1S/C19H26N6O2S/c26-18(4-1-9-24-14-20-21-22-24)23-10-8-17-15(13-23)5-6-19(27)25(17)11-7-16-3-2-12-28-16/h2-3,12,14-15,17H,1,4-11,13H2/t15-,17+/m1/s1. The molecular weight excluding hydrogens is 376 g/mol. The van der Waals surface area contributed by atoms with Crippen LogP contribution in [0.25, 0.3) is 0 Å². The number of likely N-dealkylation sites (tertiary alicyclic amines) is 2. The van der Waals surface area contributed by atoms with Crippen LogP contribution < -0.4 is 0 Å². The number of aromatic nitrogens is 4. The molecule has 0 bridgehead atoms. The van der Waals surface area contributed by atoms with E-state index in [4.69, 9.17) is 0 Å². The van der Waals surface area contributed by atoms with Crippen molar-refractivity contribution < 1.29 is 9.59 Å². The highest BCUT2D eigenvalue weighted by Gasteiger charge is 2.39. The topological polar surface area (TPSA) is 84.2 Å². The van der Waals surface area contributed by atoms with Crippen molar-refractivity contribution in [2.75, 3.05) is 19.6 Å². The largest absolute Gasteiger partial charge is 0.342 e. The van der Waals surface area contributed by atoms with E-state index in [0.717, 1.165) is 45.3 Å². The molecule has 2 aromatic rings. The van der Waals surface area contributed by atoms with Gasteiger partial charge in [-0.05, 0) is 53.5 Å². The average Bonchev–Trinajstić information content (AvgIpc) is 3.41. The molecule has 0 unspecified atom stereocenters. The summed E-state index contributed by atoms with van der Waals surface area (Å²) in [6.45, 7) is 2.97. The summed E-state index contributed by atoms with van der Waals surface area (Å²) < 4.78 is 1.65. The first-order valence-electron chi connectivity index (χ1n) is 10.0. The van der Waals surface area contributed by atoms with Crippen molar-refractivity contribution in [1.82, 2.24) is 30.0 Å². The first-order chi connectivity index (χ1) is 13.7. The molecule has 0 aromatic carbocycles. The zero-order chi connectivity index (χ0) is 19.3. The van der Waals surface area contributed by atoms with Gasteiger partial charge in [0.05, 0.1) is 0 Å². The first kappa shape index (κ1) is 19.0. The lowest BCUT2D eigenvalue weighted by Crippen LogP contribution is -2.57. The average molecular weight is 403 g/mol. The van der Waals surface area contributed by atoms with Crippen molar-refractivity contribution >= 4 is 23.2 Å². The van der Waals surface area contributed by atoms with Crippen LogP contribution in [0.3, 0.4) is 0 Å². The number of hydrogen-bond acceptors (Lipinski definition) is 6. The number of amides is 2. The van der Waals surface area contributed by atoms with Crippen molar-refractivity contribution in [2.45, 2.75) is 51.1 Å². The van der Waals surface area contributed by atoms with Gasteiger partial charge in [-0.25, -0.2) is 4.68 Å². The number of nitrogens with zero attached hydrogens (tertiary/aromatic N) is 6. The van der Waals surface area contributed by atoms with E-state index in [9.17, 15) is 9.59 Å². The lowest BCUT2D eigenvalue weighted by molar-refractivity contribution is -0.144. The number of carbonyl (C=O) groups excluding carboxylic acids is 2. The van der Waals surface area contributed by atoms with Crippen molar-refractivity contribution in [3.63, 3.8) is 0 Å². The van der Waals surface area contributed by atoms with Gasteiger partial charge < -0.3 is 9.80 Å². The van der Waals surface area contributed by atoms with Gasteiger partial charge >= 0.3 is 0 Å². The summed E-state index contributed by atoms with van der Waals surface area (Å²) in [5.41, 5.74) is 0. The second-order valence-corrected chi connectivity index (χ2v) is 8.62. The number of tetrazole rings is 1. The molecule has 0 aliphatic carbocycles. The summed E-state index contributed by atoms with van der Waals surface area (Å²) in [7, 11) is 0. The maximum atomic E-state index is 12.6. The maximum absolute atomic E-state index is 12.6. The van der Waals surface area contributed by atoms with E-state index in [1.807, 2.05) is 4.90 Å². The first-order valence-corrected chi connectivity index (χ1v) is 10.9. The van der Waals surface area contributed by atoms with Crippen LogP contribution in [0.15, 0.2) is 23.8 Å². The molecule has 28 heavy (non-hydrogen) atoms. The van der Waals surface area contributed by atoms with Crippen LogP contribution in [0, 0.1) is 5.92 Å². The predicted molar refractivity (Wildman–Crippen MR) is 104 cm³/mol. The molecule has 0 N–H and O–H groups in total. The Morgan fingerprint density at radius 1 is 1.29 bits per heavy atom. The Labute approximate surface area is 168 Å². The van der Waals surface area contributed by atoms with E-state index >= 15 is 0 Å². The summed E-state index contributed by atoms with van der Waals surface area (Å²) in [5, 5.41) is 13.1. The summed E-state index contributed by atoms with van der Waals surface area (Å²) in [4.78, 5) is 30.5. The Morgan fingerprint density at radius 3 is 3.00 bits per heavy atom. The number of carbonyl (C=O) groups is 2. The van der Waals surface area contributed by atoms with Gasteiger partial charge in [0.15, 0.2) is 0 Å². The van der Waals surface area contributed by atoms with Crippen LogP contribution in [0.5, 0.6) is 0 Å². The second-order valence-electron chi connectivity index (χ2n) is 7.59. The fraction of sp³-hybridized carbons (Fsp3) is 0.632. The molecule has 4 heterocycles.